The Kier molecular flexibility index (Phi) is 6.22. The molecule has 0 radical (unpaired) electrons. The van der Waals surface area contributed by atoms with Crippen LogP contribution in [0.2, 0.25) is 0 Å². The summed E-state index contributed by atoms with van der Waals surface area (Å²) in [5.41, 5.74) is 6.58. The van der Waals surface area contributed by atoms with Gasteiger partial charge in [0.1, 0.15) is 0 Å². The Morgan fingerprint density at radius 1 is 1.41 bits per heavy atom. The van der Waals surface area contributed by atoms with Crippen molar-refractivity contribution in [1.82, 2.24) is 5.32 Å². The van der Waals surface area contributed by atoms with Gasteiger partial charge in [-0.25, -0.2) is 0 Å². The summed E-state index contributed by atoms with van der Waals surface area (Å²) < 4.78 is 1.07. The molecule has 17 heavy (non-hydrogen) atoms. The van der Waals surface area contributed by atoms with Crippen LogP contribution in [0.5, 0.6) is 0 Å². The number of halogens is 1. The second kappa shape index (κ2) is 7.45. The molecule has 94 valence electrons. The van der Waals surface area contributed by atoms with Crippen molar-refractivity contribution in [3.05, 3.63) is 34.3 Å². The van der Waals surface area contributed by atoms with E-state index in [1.54, 1.807) is 0 Å². The Morgan fingerprint density at radius 2 is 2.06 bits per heavy atom. The summed E-state index contributed by atoms with van der Waals surface area (Å²) in [4.78, 5) is 11.5. The van der Waals surface area contributed by atoms with Gasteiger partial charge in [-0.05, 0) is 44.0 Å². The lowest BCUT2D eigenvalue weighted by Crippen LogP contribution is -2.34. The molecule has 0 saturated heterocycles. The molecule has 3 nitrogen and oxygen atoms in total. The van der Waals surface area contributed by atoms with E-state index >= 15 is 0 Å². The van der Waals surface area contributed by atoms with Gasteiger partial charge < -0.3 is 11.1 Å². The summed E-state index contributed by atoms with van der Waals surface area (Å²) in [5.74, 6) is 0.0834. The molecule has 4 heteroatoms. The molecule has 0 aliphatic carbocycles. The lowest BCUT2D eigenvalue weighted by Gasteiger charge is -2.13. The third-order valence-electron chi connectivity index (χ3n) is 2.47. The Balaban J connectivity index is 2.36. The fourth-order valence-electron chi connectivity index (χ4n) is 1.63. The monoisotopic (exact) mass is 298 g/mol. The zero-order valence-corrected chi connectivity index (χ0v) is 11.7. The molecule has 1 atom stereocenters. The van der Waals surface area contributed by atoms with Crippen molar-refractivity contribution in [1.29, 1.82) is 0 Å². The lowest BCUT2D eigenvalue weighted by molar-refractivity contribution is -0.121. The van der Waals surface area contributed by atoms with Gasteiger partial charge in [0, 0.05) is 16.9 Å². The maximum atomic E-state index is 11.5. The van der Waals surface area contributed by atoms with E-state index in [0.717, 1.165) is 17.3 Å². The van der Waals surface area contributed by atoms with Crippen LogP contribution in [0.25, 0.3) is 0 Å². The van der Waals surface area contributed by atoms with Crippen molar-refractivity contribution in [3.63, 3.8) is 0 Å². The minimum Gasteiger partial charge on any atom is -0.353 e. The van der Waals surface area contributed by atoms with Crippen molar-refractivity contribution in [2.24, 2.45) is 5.73 Å². The summed E-state index contributed by atoms with van der Waals surface area (Å²) in [6, 6.07) is 8.30. The Labute approximate surface area is 111 Å². The van der Waals surface area contributed by atoms with E-state index in [1.165, 1.54) is 5.56 Å². The molecule has 1 aromatic rings. The van der Waals surface area contributed by atoms with Crippen LogP contribution >= 0.6 is 15.9 Å². The molecular weight excluding hydrogens is 280 g/mol. The zero-order valence-electron chi connectivity index (χ0n) is 10.1. The first-order valence-electron chi connectivity index (χ1n) is 5.85. The molecule has 1 rings (SSSR count). The normalized spacial score (nSPS) is 12.2. The average molecular weight is 299 g/mol. The molecule has 0 heterocycles. The van der Waals surface area contributed by atoms with E-state index in [0.29, 0.717) is 13.0 Å². The first kappa shape index (κ1) is 14.2. The fourth-order valence-corrected chi connectivity index (χ4v) is 1.90. The van der Waals surface area contributed by atoms with Gasteiger partial charge in [-0.3, -0.25) is 4.79 Å². The predicted octanol–water partition coefficient (Wildman–Crippen LogP) is 2.24. The Morgan fingerprint density at radius 3 is 2.65 bits per heavy atom. The molecule has 0 bridgehead atoms. The lowest BCUT2D eigenvalue weighted by atomic mass is 10.1. The van der Waals surface area contributed by atoms with Crippen LogP contribution in [0.1, 0.15) is 25.3 Å². The molecular formula is C13H19BrN2O. The summed E-state index contributed by atoms with van der Waals surface area (Å²) in [5, 5.41) is 2.97. The maximum Gasteiger partial charge on any atom is 0.220 e. The number of nitrogens with two attached hydrogens (primary N) is 1. The second-order valence-corrected chi connectivity index (χ2v) is 5.11. The van der Waals surface area contributed by atoms with Crippen molar-refractivity contribution in [2.45, 2.75) is 32.2 Å². The molecule has 0 aliphatic rings. The maximum absolute atomic E-state index is 11.5. The predicted molar refractivity (Wildman–Crippen MR) is 73.7 cm³/mol. The Bertz CT molecular complexity index is 351. The van der Waals surface area contributed by atoms with E-state index < -0.39 is 0 Å². The number of benzene rings is 1. The van der Waals surface area contributed by atoms with Crippen LogP contribution in [-0.2, 0) is 11.2 Å². The number of hydrogen-bond donors (Lipinski definition) is 2. The van der Waals surface area contributed by atoms with Crippen LogP contribution in [-0.4, -0.2) is 18.5 Å². The molecule has 0 spiro atoms. The second-order valence-electron chi connectivity index (χ2n) is 4.19. The first-order chi connectivity index (χ1) is 8.11. The summed E-state index contributed by atoms with van der Waals surface area (Å²) in [6.07, 6.45) is 2.11. The van der Waals surface area contributed by atoms with Crippen LogP contribution in [0.15, 0.2) is 28.7 Å². The molecule has 0 aliphatic heterocycles. The van der Waals surface area contributed by atoms with Crippen LogP contribution in [0.4, 0.5) is 0 Å². The van der Waals surface area contributed by atoms with Gasteiger partial charge >= 0.3 is 0 Å². The number of rotatable bonds is 6. The number of carbonyl (C=O) groups excluding carboxylic acids is 1. The van der Waals surface area contributed by atoms with Gasteiger partial charge in [0.15, 0.2) is 0 Å². The van der Waals surface area contributed by atoms with Crippen molar-refractivity contribution in [3.8, 4) is 0 Å². The van der Waals surface area contributed by atoms with Gasteiger partial charge in [-0.1, -0.05) is 28.1 Å². The summed E-state index contributed by atoms with van der Waals surface area (Å²) in [6.45, 7) is 2.58. The molecule has 1 unspecified atom stereocenters. The van der Waals surface area contributed by atoms with Gasteiger partial charge in [0.05, 0.1) is 0 Å². The Hall–Kier alpha value is -0.870. The van der Waals surface area contributed by atoms with Crippen molar-refractivity contribution >= 4 is 21.8 Å². The third-order valence-corrected chi connectivity index (χ3v) is 3.00. The van der Waals surface area contributed by atoms with Crippen molar-refractivity contribution in [2.75, 3.05) is 6.54 Å². The fraction of sp³-hybridized carbons (Fsp3) is 0.462. The highest BCUT2D eigenvalue weighted by molar-refractivity contribution is 9.10. The zero-order chi connectivity index (χ0) is 12.7. The number of carbonyl (C=O) groups is 1. The smallest absolute Gasteiger partial charge is 0.220 e. The number of amides is 1. The van der Waals surface area contributed by atoms with E-state index in [9.17, 15) is 4.79 Å². The topological polar surface area (TPSA) is 55.1 Å². The highest BCUT2D eigenvalue weighted by atomic mass is 79.9. The van der Waals surface area contributed by atoms with E-state index in [4.69, 9.17) is 5.73 Å². The third kappa shape index (κ3) is 5.84. The van der Waals surface area contributed by atoms with Crippen LogP contribution < -0.4 is 11.1 Å². The first-order valence-corrected chi connectivity index (χ1v) is 6.65. The summed E-state index contributed by atoms with van der Waals surface area (Å²) >= 11 is 3.40. The van der Waals surface area contributed by atoms with Gasteiger partial charge in [0.25, 0.3) is 0 Å². The molecule has 0 saturated carbocycles. The summed E-state index contributed by atoms with van der Waals surface area (Å²) in [7, 11) is 0. The molecule has 3 N–H and O–H groups in total. The van der Waals surface area contributed by atoms with Crippen LogP contribution in [0, 0.1) is 0 Å². The molecule has 0 aromatic heterocycles. The quantitative estimate of drug-likeness (QED) is 0.846. The molecule has 1 aromatic carbocycles. The van der Waals surface area contributed by atoms with E-state index in [2.05, 4.69) is 33.4 Å². The largest absolute Gasteiger partial charge is 0.353 e. The number of hydrogen-bond acceptors (Lipinski definition) is 2. The average Bonchev–Trinajstić information content (AvgIpc) is 2.29. The minimum absolute atomic E-state index is 0.0834. The minimum atomic E-state index is 0.0834. The number of nitrogens with one attached hydrogen (secondary N) is 1. The van der Waals surface area contributed by atoms with Gasteiger partial charge in [-0.15, -0.1) is 0 Å². The standard InChI is InChI=1S/C13H19BrN2O/c1-10(16-13(17)3-2-8-15)9-11-4-6-12(14)7-5-11/h4-7,10H,2-3,8-9,15H2,1H3,(H,16,17). The highest BCUT2D eigenvalue weighted by Crippen LogP contribution is 2.11. The van der Waals surface area contributed by atoms with Crippen LogP contribution in [0.3, 0.4) is 0 Å². The van der Waals surface area contributed by atoms with E-state index in [-0.39, 0.29) is 11.9 Å². The van der Waals surface area contributed by atoms with Gasteiger partial charge in [-0.2, -0.15) is 0 Å². The van der Waals surface area contributed by atoms with Gasteiger partial charge in [0.2, 0.25) is 5.91 Å². The highest BCUT2D eigenvalue weighted by Gasteiger charge is 2.07. The SMILES string of the molecule is CC(Cc1ccc(Br)cc1)NC(=O)CCCN. The molecule has 1 amide bonds. The molecule has 0 fully saturated rings. The van der Waals surface area contributed by atoms with Crippen molar-refractivity contribution < 1.29 is 4.79 Å². The van der Waals surface area contributed by atoms with E-state index in [1.807, 2.05) is 19.1 Å².